The predicted molar refractivity (Wildman–Crippen MR) is 89.8 cm³/mol. The molecule has 0 aliphatic carbocycles. The Morgan fingerprint density at radius 1 is 1.32 bits per heavy atom. The Morgan fingerprint density at radius 3 is 2.92 bits per heavy atom. The molecule has 2 N–H and O–H groups in total. The van der Waals surface area contributed by atoms with Crippen LogP contribution in [-0.2, 0) is 17.8 Å². The van der Waals surface area contributed by atoms with Crippen molar-refractivity contribution in [1.29, 1.82) is 0 Å². The van der Waals surface area contributed by atoms with Gasteiger partial charge in [-0.1, -0.05) is 30.3 Å². The van der Waals surface area contributed by atoms with E-state index in [1.165, 1.54) is 12.1 Å². The van der Waals surface area contributed by atoms with Crippen LogP contribution in [0.5, 0.6) is 5.75 Å². The van der Waals surface area contributed by atoms with Crippen molar-refractivity contribution in [3.8, 4) is 5.75 Å². The molecule has 6 heteroatoms. The molecule has 2 aromatic rings. The van der Waals surface area contributed by atoms with E-state index >= 15 is 0 Å². The van der Waals surface area contributed by atoms with E-state index < -0.39 is 18.3 Å². The van der Waals surface area contributed by atoms with Crippen LogP contribution in [0.25, 0.3) is 0 Å². The number of carbonyl (C=O) groups excluding carboxylic acids is 1. The zero-order chi connectivity index (χ0) is 17.6. The van der Waals surface area contributed by atoms with E-state index in [0.717, 1.165) is 11.1 Å². The van der Waals surface area contributed by atoms with Crippen molar-refractivity contribution in [2.45, 2.75) is 31.7 Å². The number of aliphatic hydroxyl groups is 1. The summed E-state index contributed by atoms with van der Waals surface area (Å²) in [5, 5.41) is 12.8. The minimum absolute atomic E-state index is 0.0226. The lowest BCUT2D eigenvalue weighted by molar-refractivity contribution is 0.0236. The van der Waals surface area contributed by atoms with Crippen molar-refractivity contribution in [2.24, 2.45) is 0 Å². The fourth-order valence-electron chi connectivity index (χ4n) is 2.74. The summed E-state index contributed by atoms with van der Waals surface area (Å²) in [5.41, 5.74) is 1.68. The lowest BCUT2D eigenvalue weighted by atomic mass is 9.99. The van der Waals surface area contributed by atoms with Crippen molar-refractivity contribution < 1.29 is 23.8 Å². The van der Waals surface area contributed by atoms with Crippen LogP contribution in [0.2, 0.25) is 0 Å². The number of aryl methyl sites for hydroxylation is 1. The fourth-order valence-corrected chi connectivity index (χ4v) is 2.74. The van der Waals surface area contributed by atoms with Crippen molar-refractivity contribution in [3.05, 3.63) is 65.5 Å². The molecule has 0 aromatic heterocycles. The normalized spacial score (nSPS) is 17.1. The third-order valence-corrected chi connectivity index (χ3v) is 4.10. The monoisotopic (exact) mass is 345 g/mol. The highest BCUT2D eigenvalue weighted by molar-refractivity contribution is 5.67. The molecule has 3 rings (SSSR count). The first-order valence-electron chi connectivity index (χ1n) is 8.19. The Morgan fingerprint density at radius 2 is 2.12 bits per heavy atom. The molecule has 25 heavy (non-hydrogen) atoms. The molecule has 0 saturated heterocycles. The maximum Gasteiger partial charge on any atom is 0.407 e. The highest BCUT2D eigenvalue weighted by Gasteiger charge is 2.27. The first-order valence-corrected chi connectivity index (χ1v) is 8.19. The minimum atomic E-state index is -0.873. The van der Waals surface area contributed by atoms with Gasteiger partial charge in [0.05, 0.1) is 6.54 Å². The van der Waals surface area contributed by atoms with Crippen LogP contribution in [0.1, 0.15) is 17.5 Å². The molecule has 1 aliphatic rings. The third kappa shape index (κ3) is 4.70. The van der Waals surface area contributed by atoms with Gasteiger partial charge in [-0.05, 0) is 42.2 Å². The SMILES string of the molecule is O=C(NCC(O)C1CCc2cc(F)ccc2O1)OCc1ccccc1. The van der Waals surface area contributed by atoms with Crippen molar-refractivity contribution in [1.82, 2.24) is 5.32 Å². The van der Waals surface area contributed by atoms with Crippen molar-refractivity contribution >= 4 is 6.09 Å². The van der Waals surface area contributed by atoms with Crippen molar-refractivity contribution in [3.63, 3.8) is 0 Å². The number of amides is 1. The summed E-state index contributed by atoms with van der Waals surface area (Å²) in [6.45, 7) is 0.191. The predicted octanol–water partition coefficient (Wildman–Crippen LogP) is 2.81. The Labute approximate surface area is 145 Å². The van der Waals surface area contributed by atoms with Crippen LogP contribution >= 0.6 is 0 Å². The van der Waals surface area contributed by atoms with Crippen molar-refractivity contribution in [2.75, 3.05) is 6.54 Å². The smallest absolute Gasteiger partial charge is 0.407 e. The molecule has 0 spiro atoms. The average molecular weight is 345 g/mol. The number of hydrogen-bond acceptors (Lipinski definition) is 4. The number of fused-ring (bicyclic) bond motifs is 1. The average Bonchev–Trinajstić information content (AvgIpc) is 2.64. The molecule has 2 unspecified atom stereocenters. The van der Waals surface area contributed by atoms with Gasteiger partial charge >= 0.3 is 6.09 Å². The summed E-state index contributed by atoms with van der Waals surface area (Å²) in [7, 11) is 0. The van der Waals surface area contributed by atoms with E-state index in [1.54, 1.807) is 6.07 Å². The molecule has 1 heterocycles. The van der Waals surface area contributed by atoms with Crippen LogP contribution in [0.3, 0.4) is 0 Å². The van der Waals surface area contributed by atoms with Crippen LogP contribution in [0.4, 0.5) is 9.18 Å². The Balaban J connectivity index is 1.44. The molecular weight excluding hydrogens is 325 g/mol. The summed E-state index contributed by atoms with van der Waals surface area (Å²) in [6.07, 6.45) is -0.748. The second-order valence-electron chi connectivity index (χ2n) is 5.96. The second-order valence-corrected chi connectivity index (χ2v) is 5.96. The zero-order valence-electron chi connectivity index (χ0n) is 13.7. The first kappa shape index (κ1) is 17.2. The number of hydrogen-bond donors (Lipinski definition) is 2. The van der Waals surface area contributed by atoms with Gasteiger partial charge in [-0.2, -0.15) is 0 Å². The Hall–Kier alpha value is -2.60. The van der Waals surface area contributed by atoms with Gasteiger partial charge in [0.15, 0.2) is 0 Å². The quantitative estimate of drug-likeness (QED) is 0.874. The van der Waals surface area contributed by atoms with Gasteiger partial charge in [0.2, 0.25) is 0 Å². The number of halogens is 1. The summed E-state index contributed by atoms with van der Waals surface area (Å²) in [4.78, 5) is 11.7. The van der Waals surface area contributed by atoms with E-state index in [4.69, 9.17) is 9.47 Å². The van der Waals surface area contributed by atoms with E-state index in [2.05, 4.69) is 5.32 Å². The minimum Gasteiger partial charge on any atom is -0.487 e. The highest BCUT2D eigenvalue weighted by atomic mass is 19.1. The third-order valence-electron chi connectivity index (χ3n) is 4.10. The van der Waals surface area contributed by atoms with E-state index in [-0.39, 0.29) is 19.0 Å². The lowest BCUT2D eigenvalue weighted by Gasteiger charge is -2.29. The van der Waals surface area contributed by atoms with Crippen LogP contribution in [0.15, 0.2) is 48.5 Å². The number of carbonyl (C=O) groups is 1. The van der Waals surface area contributed by atoms with Gasteiger partial charge in [0.1, 0.15) is 30.4 Å². The zero-order valence-corrected chi connectivity index (χ0v) is 13.7. The van der Waals surface area contributed by atoms with E-state index in [1.807, 2.05) is 30.3 Å². The number of alkyl carbamates (subject to hydrolysis) is 1. The standard InChI is InChI=1S/C19H20FNO4/c20-15-7-9-17-14(10-15)6-8-18(25-17)16(22)11-21-19(23)24-12-13-4-2-1-3-5-13/h1-5,7,9-10,16,18,22H,6,8,11-12H2,(H,21,23). The maximum atomic E-state index is 13.2. The molecule has 2 atom stereocenters. The van der Waals surface area contributed by atoms with Crippen LogP contribution in [0, 0.1) is 5.82 Å². The number of benzene rings is 2. The summed E-state index contributed by atoms with van der Waals surface area (Å²) >= 11 is 0. The molecule has 0 fully saturated rings. The van der Waals surface area contributed by atoms with Gasteiger partial charge in [0, 0.05) is 0 Å². The molecule has 0 radical (unpaired) electrons. The summed E-state index contributed by atoms with van der Waals surface area (Å²) < 4.78 is 24.0. The summed E-state index contributed by atoms with van der Waals surface area (Å²) in [5.74, 6) is 0.271. The molecule has 132 valence electrons. The van der Waals surface area contributed by atoms with Gasteiger partial charge in [0.25, 0.3) is 0 Å². The Kier molecular flexibility index (Phi) is 5.50. The lowest BCUT2D eigenvalue weighted by Crippen LogP contribution is -2.43. The second kappa shape index (κ2) is 7.98. The molecule has 0 saturated carbocycles. The molecular formula is C19H20FNO4. The van der Waals surface area contributed by atoms with Crippen LogP contribution in [-0.4, -0.2) is 30.0 Å². The molecule has 2 aromatic carbocycles. The fraction of sp³-hybridized carbons (Fsp3) is 0.316. The highest BCUT2D eigenvalue weighted by Crippen LogP contribution is 2.29. The molecule has 5 nitrogen and oxygen atoms in total. The topological polar surface area (TPSA) is 67.8 Å². The molecule has 1 amide bonds. The molecule has 1 aliphatic heterocycles. The maximum absolute atomic E-state index is 13.2. The first-order chi connectivity index (χ1) is 12.1. The van der Waals surface area contributed by atoms with Gasteiger partial charge in [-0.3, -0.25) is 0 Å². The number of ether oxygens (including phenoxy) is 2. The van der Waals surface area contributed by atoms with Gasteiger partial charge in [-0.15, -0.1) is 0 Å². The summed E-state index contributed by atoms with van der Waals surface area (Å²) in [6, 6.07) is 13.7. The van der Waals surface area contributed by atoms with Gasteiger partial charge < -0.3 is 19.9 Å². The molecule has 0 bridgehead atoms. The number of nitrogens with one attached hydrogen (secondary N) is 1. The largest absolute Gasteiger partial charge is 0.487 e. The van der Waals surface area contributed by atoms with E-state index in [9.17, 15) is 14.3 Å². The van der Waals surface area contributed by atoms with E-state index in [0.29, 0.717) is 18.6 Å². The number of aliphatic hydroxyl groups excluding tert-OH is 1. The van der Waals surface area contributed by atoms with Crippen LogP contribution < -0.4 is 10.1 Å². The Bertz CT molecular complexity index is 723. The van der Waals surface area contributed by atoms with Gasteiger partial charge in [-0.25, -0.2) is 9.18 Å². The number of rotatable bonds is 5.